The minimum atomic E-state index is -0.686. The third-order valence-electron chi connectivity index (χ3n) is 3.79. The number of halogens is 1. The van der Waals surface area contributed by atoms with Crippen molar-refractivity contribution in [2.75, 3.05) is 13.1 Å². The standard InChI is InChI=1S/C17H16FNO3/c18-13-8-6-12(7-9-13)15-10-19(11-16(15)20)17(21)22-14-4-2-1-3-5-14/h1-9,15-16,20H,10-11H2/t15-,16+/m0/s1. The van der Waals surface area contributed by atoms with Crippen LogP contribution >= 0.6 is 0 Å². The van der Waals surface area contributed by atoms with Gasteiger partial charge in [-0.25, -0.2) is 9.18 Å². The van der Waals surface area contributed by atoms with Gasteiger partial charge >= 0.3 is 6.09 Å². The zero-order chi connectivity index (χ0) is 15.5. The fourth-order valence-corrected chi connectivity index (χ4v) is 2.63. The van der Waals surface area contributed by atoms with E-state index >= 15 is 0 Å². The van der Waals surface area contributed by atoms with Crippen LogP contribution in [0.5, 0.6) is 5.75 Å². The van der Waals surface area contributed by atoms with Gasteiger partial charge in [0.2, 0.25) is 0 Å². The molecule has 1 aliphatic rings. The van der Waals surface area contributed by atoms with Gasteiger partial charge in [-0.3, -0.25) is 0 Å². The lowest BCUT2D eigenvalue weighted by Crippen LogP contribution is -2.32. The topological polar surface area (TPSA) is 49.8 Å². The molecule has 1 heterocycles. The van der Waals surface area contributed by atoms with Crippen molar-refractivity contribution in [2.24, 2.45) is 0 Å². The summed E-state index contributed by atoms with van der Waals surface area (Å²) in [5, 5.41) is 10.2. The van der Waals surface area contributed by atoms with E-state index in [1.165, 1.54) is 17.0 Å². The third kappa shape index (κ3) is 3.09. The number of carbonyl (C=O) groups is 1. The molecule has 0 spiro atoms. The van der Waals surface area contributed by atoms with E-state index < -0.39 is 12.2 Å². The van der Waals surface area contributed by atoms with Crippen LogP contribution in [0.25, 0.3) is 0 Å². The monoisotopic (exact) mass is 301 g/mol. The normalized spacial score (nSPS) is 20.9. The van der Waals surface area contributed by atoms with Crippen LogP contribution in [-0.4, -0.2) is 35.3 Å². The highest BCUT2D eigenvalue weighted by Gasteiger charge is 2.35. The van der Waals surface area contributed by atoms with Crippen molar-refractivity contribution in [3.63, 3.8) is 0 Å². The summed E-state index contributed by atoms with van der Waals surface area (Å²) in [6, 6.07) is 14.8. The van der Waals surface area contributed by atoms with E-state index in [0.29, 0.717) is 12.3 Å². The molecule has 0 aromatic heterocycles. The summed E-state index contributed by atoms with van der Waals surface area (Å²) in [5.41, 5.74) is 0.809. The number of para-hydroxylation sites is 1. The first kappa shape index (κ1) is 14.5. The first-order valence-electron chi connectivity index (χ1n) is 7.09. The first-order chi connectivity index (χ1) is 10.6. The molecule has 1 saturated heterocycles. The third-order valence-corrected chi connectivity index (χ3v) is 3.79. The number of benzene rings is 2. The molecule has 2 atom stereocenters. The Labute approximate surface area is 127 Å². The Bertz CT molecular complexity index is 645. The highest BCUT2D eigenvalue weighted by molar-refractivity contribution is 5.71. The van der Waals surface area contributed by atoms with Crippen LogP contribution in [0.15, 0.2) is 54.6 Å². The Balaban J connectivity index is 1.67. The fourth-order valence-electron chi connectivity index (χ4n) is 2.63. The Hall–Kier alpha value is -2.40. The summed E-state index contributed by atoms with van der Waals surface area (Å²) < 4.78 is 18.2. The number of aliphatic hydroxyl groups excluding tert-OH is 1. The van der Waals surface area contributed by atoms with Gasteiger partial charge in [0.1, 0.15) is 11.6 Å². The number of rotatable bonds is 2. The predicted octanol–water partition coefficient (Wildman–Crippen LogP) is 2.78. The van der Waals surface area contributed by atoms with Gasteiger partial charge in [-0.1, -0.05) is 30.3 Å². The lowest BCUT2D eigenvalue weighted by Gasteiger charge is -2.16. The van der Waals surface area contributed by atoms with Gasteiger partial charge in [0.15, 0.2) is 0 Å². The molecule has 0 saturated carbocycles. The van der Waals surface area contributed by atoms with Crippen LogP contribution in [-0.2, 0) is 0 Å². The van der Waals surface area contributed by atoms with E-state index in [1.807, 2.05) is 6.07 Å². The molecule has 3 rings (SSSR count). The van der Waals surface area contributed by atoms with Crippen LogP contribution in [0.2, 0.25) is 0 Å². The van der Waals surface area contributed by atoms with Crippen LogP contribution < -0.4 is 4.74 Å². The Morgan fingerprint density at radius 3 is 2.45 bits per heavy atom. The highest BCUT2D eigenvalue weighted by Crippen LogP contribution is 2.28. The average Bonchev–Trinajstić information content (AvgIpc) is 2.91. The number of carbonyl (C=O) groups excluding carboxylic acids is 1. The largest absolute Gasteiger partial charge is 0.415 e. The first-order valence-corrected chi connectivity index (χ1v) is 7.09. The maximum atomic E-state index is 13.0. The Kier molecular flexibility index (Phi) is 4.06. The second-order valence-electron chi connectivity index (χ2n) is 5.31. The molecular weight excluding hydrogens is 285 g/mol. The fraction of sp³-hybridized carbons (Fsp3) is 0.235. The summed E-state index contributed by atoms with van der Waals surface area (Å²) in [6.45, 7) is 0.548. The summed E-state index contributed by atoms with van der Waals surface area (Å²) in [6.07, 6.45) is -1.18. The number of β-amino-alcohol motifs (C(OH)–C–C–N with tert-alkyl or cyclic N) is 1. The molecular formula is C17H16FNO3. The molecule has 0 radical (unpaired) electrons. The minimum absolute atomic E-state index is 0.202. The van der Waals surface area contributed by atoms with Crippen LogP contribution in [0.3, 0.4) is 0 Å². The van der Waals surface area contributed by atoms with Gasteiger partial charge in [0.05, 0.1) is 12.6 Å². The molecule has 0 bridgehead atoms. The van der Waals surface area contributed by atoms with Crippen molar-refractivity contribution in [1.29, 1.82) is 0 Å². The molecule has 22 heavy (non-hydrogen) atoms. The van der Waals surface area contributed by atoms with Gasteiger partial charge in [-0.2, -0.15) is 0 Å². The number of hydrogen-bond donors (Lipinski definition) is 1. The SMILES string of the molecule is O=C(Oc1ccccc1)N1C[C@@H](O)[C@H](c2ccc(F)cc2)C1. The second kappa shape index (κ2) is 6.15. The number of ether oxygens (including phenoxy) is 1. The number of likely N-dealkylation sites (tertiary alicyclic amines) is 1. The van der Waals surface area contributed by atoms with Crippen LogP contribution in [0.4, 0.5) is 9.18 Å². The Morgan fingerprint density at radius 1 is 1.09 bits per heavy atom. The average molecular weight is 301 g/mol. The number of amides is 1. The van der Waals surface area contributed by atoms with Gasteiger partial charge < -0.3 is 14.7 Å². The summed E-state index contributed by atoms with van der Waals surface area (Å²) in [4.78, 5) is 13.6. The zero-order valence-electron chi connectivity index (χ0n) is 11.9. The van der Waals surface area contributed by atoms with Gasteiger partial charge in [0.25, 0.3) is 0 Å². The van der Waals surface area contributed by atoms with E-state index in [-0.39, 0.29) is 18.3 Å². The molecule has 2 aromatic carbocycles. The number of aliphatic hydroxyl groups is 1. The maximum absolute atomic E-state index is 13.0. The second-order valence-corrected chi connectivity index (χ2v) is 5.31. The van der Waals surface area contributed by atoms with Crippen molar-refractivity contribution < 1.29 is 19.0 Å². The van der Waals surface area contributed by atoms with E-state index in [9.17, 15) is 14.3 Å². The maximum Gasteiger partial charge on any atom is 0.415 e. The molecule has 114 valence electrons. The molecule has 1 N–H and O–H groups in total. The van der Waals surface area contributed by atoms with Crippen molar-refractivity contribution in [3.05, 3.63) is 66.0 Å². The molecule has 1 amide bonds. The van der Waals surface area contributed by atoms with Crippen molar-refractivity contribution in [1.82, 2.24) is 4.90 Å². The Morgan fingerprint density at radius 2 is 1.77 bits per heavy atom. The molecule has 1 aliphatic heterocycles. The molecule has 0 aliphatic carbocycles. The lowest BCUT2D eigenvalue weighted by molar-refractivity contribution is 0.143. The minimum Gasteiger partial charge on any atom is -0.410 e. The van der Waals surface area contributed by atoms with Crippen LogP contribution in [0, 0.1) is 5.82 Å². The van der Waals surface area contributed by atoms with Gasteiger partial charge in [-0.15, -0.1) is 0 Å². The van der Waals surface area contributed by atoms with Crippen molar-refractivity contribution >= 4 is 6.09 Å². The van der Waals surface area contributed by atoms with Crippen molar-refractivity contribution in [3.8, 4) is 5.75 Å². The molecule has 0 unspecified atom stereocenters. The molecule has 5 heteroatoms. The molecule has 1 fully saturated rings. The predicted molar refractivity (Wildman–Crippen MR) is 79.2 cm³/mol. The van der Waals surface area contributed by atoms with E-state index in [1.54, 1.807) is 36.4 Å². The van der Waals surface area contributed by atoms with E-state index in [0.717, 1.165) is 5.56 Å². The number of nitrogens with zero attached hydrogens (tertiary/aromatic N) is 1. The molecule has 4 nitrogen and oxygen atoms in total. The van der Waals surface area contributed by atoms with E-state index in [2.05, 4.69) is 0 Å². The van der Waals surface area contributed by atoms with Crippen molar-refractivity contribution in [2.45, 2.75) is 12.0 Å². The quantitative estimate of drug-likeness (QED) is 0.928. The van der Waals surface area contributed by atoms with Crippen LogP contribution in [0.1, 0.15) is 11.5 Å². The summed E-state index contributed by atoms with van der Waals surface area (Å²) in [5.74, 6) is -0.0901. The highest BCUT2D eigenvalue weighted by atomic mass is 19.1. The smallest absolute Gasteiger partial charge is 0.410 e. The number of hydrogen-bond acceptors (Lipinski definition) is 3. The summed E-state index contributed by atoms with van der Waals surface area (Å²) in [7, 11) is 0. The summed E-state index contributed by atoms with van der Waals surface area (Å²) >= 11 is 0. The lowest BCUT2D eigenvalue weighted by atomic mass is 9.96. The van der Waals surface area contributed by atoms with Gasteiger partial charge in [-0.05, 0) is 29.8 Å². The molecule has 2 aromatic rings. The zero-order valence-corrected chi connectivity index (χ0v) is 11.9. The van der Waals surface area contributed by atoms with E-state index in [4.69, 9.17) is 4.74 Å². The van der Waals surface area contributed by atoms with Gasteiger partial charge in [0, 0.05) is 12.5 Å².